The molecular formula is C16H15ClN4O2. The fraction of sp³-hybridized carbons (Fsp3) is 0.312. The van der Waals surface area contributed by atoms with Crippen LogP contribution in [0.4, 0.5) is 5.82 Å². The highest BCUT2D eigenvalue weighted by Gasteiger charge is 2.36. The second-order valence-corrected chi connectivity index (χ2v) is 6.01. The van der Waals surface area contributed by atoms with Crippen molar-refractivity contribution in [3.63, 3.8) is 0 Å². The molecule has 1 N–H and O–H groups in total. The normalized spacial score (nSPS) is 19.5. The second kappa shape index (κ2) is 6.31. The van der Waals surface area contributed by atoms with Crippen molar-refractivity contribution in [1.29, 1.82) is 5.26 Å². The van der Waals surface area contributed by atoms with Gasteiger partial charge in [0.05, 0.1) is 0 Å². The molecule has 3 rings (SSSR count). The summed E-state index contributed by atoms with van der Waals surface area (Å²) in [4.78, 5) is 13.9. The quantitative estimate of drug-likeness (QED) is 0.688. The molecule has 1 aliphatic carbocycles. The van der Waals surface area contributed by atoms with E-state index in [1.807, 2.05) is 18.3 Å². The van der Waals surface area contributed by atoms with Crippen LogP contribution in [0.25, 0.3) is 11.3 Å². The van der Waals surface area contributed by atoms with E-state index < -0.39 is 0 Å². The third kappa shape index (κ3) is 3.15. The smallest absolute Gasteiger partial charge is 0.231 e. The Morgan fingerprint density at radius 1 is 1.48 bits per heavy atom. The summed E-state index contributed by atoms with van der Waals surface area (Å²) in [7, 11) is 1.67. The standard InChI is InChI=1S/C16H15ClN4O2/c1-21(16(22)11-6-13(7-11)19-9-18)15-8-14(23-20-15)10-3-2-4-12(17)5-10/h2-5,8,11,13,19H,6-7H2,1H3. The number of carbonyl (C=O) groups excluding carboxylic acids is 1. The highest BCUT2D eigenvalue weighted by Crippen LogP contribution is 2.31. The molecular weight excluding hydrogens is 316 g/mol. The number of hydrogen-bond donors (Lipinski definition) is 1. The molecule has 1 aliphatic rings. The zero-order valence-electron chi connectivity index (χ0n) is 12.5. The van der Waals surface area contributed by atoms with Crippen molar-refractivity contribution in [1.82, 2.24) is 10.5 Å². The van der Waals surface area contributed by atoms with Crippen LogP contribution in [0.15, 0.2) is 34.9 Å². The minimum atomic E-state index is -0.0860. The average molecular weight is 331 g/mol. The first-order valence-corrected chi connectivity index (χ1v) is 7.61. The second-order valence-electron chi connectivity index (χ2n) is 5.58. The number of nitriles is 1. The van der Waals surface area contributed by atoms with Gasteiger partial charge in [-0.2, -0.15) is 5.26 Å². The molecule has 7 heteroatoms. The van der Waals surface area contributed by atoms with Crippen molar-refractivity contribution >= 4 is 23.3 Å². The van der Waals surface area contributed by atoms with Gasteiger partial charge in [0.2, 0.25) is 5.91 Å². The van der Waals surface area contributed by atoms with Crippen LogP contribution in [0.5, 0.6) is 0 Å². The molecule has 6 nitrogen and oxygen atoms in total. The summed E-state index contributed by atoms with van der Waals surface area (Å²) in [6.07, 6.45) is 3.23. The van der Waals surface area contributed by atoms with Gasteiger partial charge in [-0.05, 0) is 25.0 Å². The lowest BCUT2D eigenvalue weighted by Crippen LogP contribution is -2.47. The maximum atomic E-state index is 12.4. The number of aromatic nitrogens is 1. The van der Waals surface area contributed by atoms with Crippen molar-refractivity contribution in [3.8, 4) is 17.5 Å². The van der Waals surface area contributed by atoms with Crippen molar-refractivity contribution in [2.45, 2.75) is 18.9 Å². The molecule has 118 valence electrons. The molecule has 0 radical (unpaired) electrons. The zero-order valence-corrected chi connectivity index (χ0v) is 13.2. The van der Waals surface area contributed by atoms with Crippen LogP contribution in [0.1, 0.15) is 12.8 Å². The number of nitrogens with one attached hydrogen (secondary N) is 1. The zero-order chi connectivity index (χ0) is 16.4. The summed E-state index contributed by atoms with van der Waals surface area (Å²) in [6.45, 7) is 0. The number of amides is 1. The van der Waals surface area contributed by atoms with Crippen molar-refractivity contribution in [2.75, 3.05) is 11.9 Å². The van der Waals surface area contributed by atoms with E-state index in [0.29, 0.717) is 29.4 Å². The third-order valence-electron chi connectivity index (χ3n) is 4.04. The summed E-state index contributed by atoms with van der Waals surface area (Å²) in [6, 6.07) is 9.06. The summed E-state index contributed by atoms with van der Waals surface area (Å²) >= 11 is 5.97. The van der Waals surface area contributed by atoms with Crippen LogP contribution < -0.4 is 10.2 Å². The molecule has 1 heterocycles. The van der Waals surface area contributed by atoms with Crippen molar-refractivity contribution in [2.24, 2.45) is 5.92 Å². The first-order chi connectivity index (χ1) is 11.1. The minimum Gasteiger partial charge on any atom is -0.354 e. The molecule has 1 fully saturated rings. The van der Waals surface area contributed by atoms with Crippen molar-refractivity contribution in [3.05, 3.63) is 35.4 Å². The first kappa shape index (κ1) is 15.4. The Labute approximate surface area is 138 Å². The van der Waals surface area contributed by atoms with Gasteiger partial charge in [0.25, 0.3) is 0 Å². The number of benzene rings is 1. The van der Waals surface area contributed by atoms with Crippen LogP contribution in [-0.2, 0) is 4.79 Å². The Hall–Kier alpha value is -2.52. The molecule has 1 aromatic carbocycles. The Kier molecular flexibility index (Phi) is 4.22. The number of hydrogen-bond acceptors (Lipinski definition) is 5. The van der Waals surface area contributed by atoms with Gasteiger partial charge >= 0.3 is 0 Å². The summed E-state index contributed by atoms with van der Waals surface area (Å²) in [5.74, 6) is 0.908. The fourth-order valence-electron chi connectivity index (χ4n) is 2.62. The van der Waals surface area contributed by atoms with E-state index in [0.717, 1.165) is 5.56 Å². The maximum Gasteiger partial charge on any atom is 0.231 e. The predicted octanol–water partition coefficient (Wildman–Crippen LogP) is 2.81. The Bertz CT molecular complexity index is 761. The Balaban J connectivity index is 1.68. The van der Waals surface area contributed by atoms with E-state index in [-0.39, 0.29) is 17.9 Å². The SMILES string of the molecule is CN(C(=O)C1CC(NC#N)C1)c1cc(-c2cccc(Cl)c2)on1. The van der Waals surface area contributed by atoms with Gasteiger partial charge in [-0.3, -0.25) is 9.69 Å². The fourth-order valence-corrected chi connectivity index (χ4v) is 2.81. The van der Waals surface area contributed by atoms with E-state index in [1.54, 1.807) is 25.2 Å². The van der Waals surface area contributed by atoms with Crippen LogP contribution in [-0.4, -0.2) is 24.2 Å². The van der Waals surface area contributed by atoms with E-state index in [9.17, 15) is 4.79 Å². The lowest BCUT2D eigenvalue weighted by Gasteiger charge is -2.34. The summed E-state index contributed by atoms with van der Waals surface area (Å²) < 4.78 is 5.31. The van der Waals surface area contributed by atoms with E-state index >= 15 is 0 Å². The molecule has 1 aromatic heterocycles. The highest BCUT2D eigenvalue weighted by atomic mass is 35.5. The van der Waals surface area contributed by atoms with Gasteiger partial charge in [0, 0.05) is 35.7 Å². The van der Waals surface area contributed by atoms with Gasteiger partial charge in [0.1, 0.15) is 0 Å². The topological polar surface area (TPSA) is 82.2 Å². The van der Waals surface area contributed by atoms with E-state index in [1.165, 1.54) is 4.90 Å². The largest absolute Gasteiger partial charge is 0.354 e. The number of rotatable bonds is 4. The molecule has 23 heavy (non-hydrogen) atoms. The lowest BCUT2D eigenvalue weighted by atomic mass is 9.79. The first-order valence-electron chi connectivity index (χ1n) is 7.23. The molecule has 1 saturated carbocycles. The Morgan fingerprint density at radius 2 is 2.26 bits per heavy atom. The minimum absolute atomic E-state index is 0.0214. The van der Waals surface area contributed by atoms with Crippen LogP contribution in [0, 0.1) is 17.4 Å². The molecule has 0 bridgehead atoms. The van der Waals surface area contributed by atoms with Crippen molar-refractivity contribution < 1.29 is 9.32 Å². The molecule has 0 spiro atoms. The lowest BCUT2D eigenvalue weighted by molar-refractivity contribution is -0.125. The van der Waals surface area contributed by atoms with Crippen LogP contribution >= 0.6 is 11.6 Å². The highest BCUT2D eigenvalue weighted by molar-refractivity contribution is 6.30. The van der Waals surface area contributed by atoms with Gasteiger partial charge in [-0.1, -0.05) is 28.9 Å². The average Bonchev–Trinajstić information content (AvgIpc) is 2.99. The number of nitrogens with zero attached hydrogens (tertiary/aromatic N) is 3. The van der Waals surface area contributed by atoms with E-state index in [4.69, 9.17) is 21.4 Å². The van der Waals surface area contributed by atoms with Gasteiger partial charge in [0.15, 0.2) is 17.8 Å². The number of anilines is 1. The molecule has 0 unspecified atom stereocenters. The van der Waals surface area contributed by atoms with Gasteiger partial charge in [-0.25, -0.2) is 0 Å². The maximum absolute atomic E-state index is 12.4. The summed E-state index contributed by atoms with van der Waals surface area (Å²) in [5, 5.41) is 15.8. The van der Waals surface area contributed by atoms with Gasteiger partial charge < -0.3 is 9.84 Å². The molecule has 1 amide bonds. The van der Waals surface area contributed by atoms with Gasteiger partial charge in [-0.15, -0.1) is 0 Å². The molecule has 0 aliphatic heterocycles. The Morgan fingerprint density at radius 3 is 2.96 bits per heavy atom. The van der Waals surface area contributed by atoms with Crippen LogP contribution in [0.2, 0.25) is 5.02 Å². The summed E-state index contributed by atoms with van der Waals surface area (Å²) in [5.41, 5.74) is 0.805. The molecule has 0 atom stereocenters. The third-order valence-corrected chi connectivity index (χ3v) is 4.27. The number of carbonyl (C=O) groups is 1. The number of halogens is 1. The van der Waals surface area contributed by atoms with Crippen LogP contribution in [0.3, 0.4) is 0 Å². The molecule has 0 saturated heterocycles. The predicted molar refractivity (Wildman–Crippen MR) is 85.6 cm³/mol. The molecule has 2 aromatic rings. The van der Waals surface area contributed by atoms with E-state index in [2.05, 4.69) is 10.5 Å². The monoisotopic (exact) mass is 330 g/mol.